The van der Waals surface area contributed by atoms with Crippen LogP contribution < -0.4 is 0 Å². The summed E-state index contributed by atoms with van der Waals surface area (Å²) < 4.78 is 0. The Bertz CT molecular complexity index is 604. The average molecular weight is 316 g/mol. The smallest absolute Gasteiger partial charge is 0.0233 e. The predicted octanol–water partition coefficient (Wildman–Crippen LogP) is 7.51. The molecule has 0 N–H and O–H groups in total. The Morgan fingerprint density at radius 1 is 0.417 bits per heavy atom. The topological polar surface area (TPSA) is 0 Å². The van der Waals surface area contributed by atoms with Crippen LogP contribution in [0, 0.1) is 0 Å². The molecule has 0 aliphatic rings. The monoisotopic (exact) mass is 316 g/mol. The maximum absolute atomic E-state index is 3.88. The summed E-state index contributed by atoms with van der Waals surface area (Å²) in [6.07, 6.45) is 0. The van der Waals surface area contributed by atoms with Crippen molar-refractivity contribution in [1.82, 2.24) is 0 Å². The van der Waals surface area contributed by atoms with Gasteiger partial charge < -0.3 is 0 Å². The zero-order chi connectivity index (χ0) is 18.3. The second kappa shape index (κ2) is 8.88. The fraction of sp³-hybridized carbons (Fsp3) is 0.167. The molecule has 2 rings (SSSR count). The van der Waals surface area contributed by atoms with Gasteiger partial charge in [-0.3, -0.25) is 0 Å². The van der Waals surface area contributed by atoms with Crippen LogP contribution in [0.1, 0.15) is 49.9 Å². The van der Waals surface area contributed by atoms with Crippen LogP contribution in [0.3, 0.4) is 0 Å². The van der Waals surface area contributed by atoms with E-state index < -0.39 is 0 Å². The molecule has 0 heterocycles. The summed E-state index contributed by atoms with van der Waals surface area (Å²) in [6.45, 7) is 23.5. The number of hydrogen-bond donors (Lipinski definition) is 0. The van der Waals surface area contributed by atoms with Crippen LogP contribution >= 0.6 is 0 Å². The van der Waals surface area contributed by atoms with Gasteiger partial charge in [0.1, 0.15) is 0 Å². The summed E-state index contributed by atoms with van der Waals surface area (Å²) in [5.41, 5.74) is 9.18. The van der Waals surface area contributed by atoms with E-state index in [9.17, 15) is 0 Å². The highest BCUT2D eigenvalue weighted by Gasteiger charge is 1.95. The van der Waals surface area contributed by atoms with Gasteiger partial charge in [-0.15, -0.1) is 0 Å². The van der Waals surface area contributed by atoms with Crippen LogP contribution in [0.4, 0.5) is 0 Å². The van der Waals surface area contributed by atoms with Crippen LogP contribution in [0.2, 0.25) is 0 Å². The Morgan fingerprint density at radius 3 is 0.625 bits per heavy atom. The summed E-state index contributed by atoms with van der Waals surface area (Å²) in [4.78, 5) is 0. The highest BCUT2D eigenvalue weighted by atomic mass is 14.0. The van der Waals surface area contributed by atoms with Gasteiger partial charge in [0.05, 0.1) is 0 Å². The Labute approximate surface area is 147 Å². The summed E-state index contributed by atoms with van der Waals surface area (Å²) in [7, 11) is 0. The van der Waals surface area contributed by atoms with Crippen molar-refractivity contribution < 1.29 is 0 Å². The van der Waals surface area contributed by atoms with E-state index in [0.717, 1.165) is 22.3 Å². The van der Waals surface area contributed by atoms with Gasteiger partial charge in [0.25, 0.3) is 0 Å². The number of allylic oxidation sites excluding steroid dienone is 4. The number of benzene rings is 2. The molecule has 0 unspecified atom stereocenters. The van der Waals surface area contributed by atoms with Gasteiger partial charge in [0.2, 0.25) is 0 Å². The second-order valence-electron chi connectivity index (χ2n) is 6.28. The first-order valence-electron chi connectivity index (χ1n) is 8.06. The van der Waals surface area contributed by atoms with Crippen molar-refractivity contribution in [2.45, 2.75) is 27.7 Å². The van der Waals surface area contributed by atoms with E-state index in [-0.39, 0.29) is 0 Å². The van der Waals surface area contributed by atoms with Crippen LogP contribution in [0.15, 0.2) is 74.8 Å². The largest absolute Gasteiger partial charge is 0.0955 e. The van der Waals surface area contributed by atoms with Gasteiger partial charge in [0.15, 0.2) is 0 Å². The summed E-state index contributed by atoms with van der Waals surface area (Å²) in [5, 5.41) is 0. The summed E-state index contributed by atoms with van der Waals surface area (Å²) >= 11 is 0. The van der Waals surface area contributed by atoms with Crippen molar-refractivity contribution in [3.63, 3.8) is 0 Å². The second-order valence-corrected chi connectivity index (χ2v) is 6.28. The zero-order valence-electron chi connectivity index (χ0n) is 15.4. The maximum atomic E-state index is 3.88. The molecular weight excluding hydrogens is 288 g/mol. The molecular formula is C24H28. The number of hydrogen-bond acceptors (Lipinski definition) is 0. The van der Waals surface area contributed by atoms with E-state index in [2.05, 4.69) is 74.8 Å². The Hall–Kier alpha value is -2.60. The third-order valence-electron chi connectivity index (χ3n) is 3.74. The molecule has 0 bridgehead atoms. The minimum atomic E-state index is 1.10. The molecule has 0 aromatic heterocycles. The molecule has 0 radical (unpaired) electrons. The van der Waals surface area contributed by atoms with Gasteiger partial charge >= 0.3 is 0 Å². The first kappa shape index (κ1) is 19.4. The van der Waals surface area contributed by atoms with E-state index in [4.69, 9.17) is 0 Å². The van der Waals surface area contributed by atoms with Gasteiger partial charge in [0, 0.05) is 0 Å². The fourth-order valence-electron chi connectivity index (χ4n) is 2.08. The molecule has 0 saturated carbocycles. The molecule has 0 saturated heterocycles. The Kier molecular flexibility index (Phi) is 7.20. The molecule has 0 heteroatoms. The molecule has 2 aromatic carbocycles. The summed E-state index contributed by atoms with van der Waals surface area (Å²) in [6, 6.07) is 16.6. The van der Waals surface area contributed by atoms with Crippen molar-refractivity contribution in [2.75, 3.05) is 0 Å². The fourth-order valence-corrected chi connectivity index (χ4v) is 2.08. The molecule has 24 heavy (non-hydrogen) atoms. The van der Waals surface area contributed by atoms with Crippen LogP contribution in [-0.4, -0.2) is 0 Å². The van der Waals surface area contributed by atoms with E-state index in [1.165, 1.54) is 22.3 Å². The van der Waals surface area contributed by atoms with Gasteiger partial charge in [-0.2, -0.15) is 0 Å². The normalized spacial score (nSPS) is 9.50. The predicted molar refractivity (Wildman–Crippen MR) is 112 cm³/mol. The quantitative estimate of drug-likeness (QED) is 0.547. The average Bonchev–Trinajstić information content (AvgIpc) is 2.55. The van der Waals surface area contributed by atoms with Crippen molar-refractivity contribution in [3.8, 4) is 0 Å². The van der Waals surface area contributed by atoms with E-state index in [1.807, 2.05) is 27.7 Å². The maximum Gasteiger partial charge on any atom is -0.0233 e. The lowest BCUT2D eigenvalue weighted by atomic mass is 10.0. The standard InChI is InChI=1S/2C12H14/c2*1-9(2)11-5-7-12(8-6-11)10(3)4/h2*5-8H,1,3H2,2,4H3. The molecule has 2 aromatic rings. The minimum absolute atomic E-state index is 1.10. The lowest BCUT2D eigenvalue weighted by Gasteiger charge is -2.02. The SMILES string of the molecule is C=C(C)c1ccc(C(=C)C)cc1.C=C(C)c1ccc(C(=C)C)cc1. The van der Waals surface area contributed by atoms with E-state index in [1.54, 1.807) is 0 Å². The van der Waals surface area contributed by atoms with Gasteiger partial charge in [-0.1, -0.05) is 97.1 Å². The van der Waals surface area contributed by atoms with Crippen molar-refractivity contribution >= 4 is 22.3 Å². The molecule has 0 atom stereocenters. The molecule has 0 aliphatic heterocycles. The molecule has 0 fully saturated rings. The Balaban J connectivity index is 0.000000240. The molecule has 0 amide bonds. The van der Waals surface area contributed by atoms with Gasteiger partial charge in [-0.25, -0.2) is 0 Å². The van der Waals surface area contributed by atoms with Crippen LogP contribution in [-0.2, 0) is 0 Å². The third kappa shape index (κ3) is 5.89. The Morgan fingerprint density at radius 2 is 0.542 bits per heavy atom. The molecule has 0 spiro atoms. The lowest BCUT2D eigenvalue weighted by Crippen LogP contribution is -1.80. The lowest BCUT2D eigenvalue weighted by molar-refractivity contribution is 1.53. The zero-order valence-corrected chi connectivity index (χ0v) is 15.4. The first-order chi connectivity index (χ1) is 11.2. The van der Waals surface area contributed by atoms with Crippen LogP contribution in [0.25, 0.3) is 22.3 Å². The van der Waals surface area contributed by atoms with Gasteiger partial charge in [-0.05, 0) is 49.9 Å². The number of rotatable bonds is 4. The molecule has 124 valence electrons. The highest BCUT2D eigenvalue weighted by molar-refractivity contribution is 5.67. The van der Waals surface area contributed by atoms with Crippen molar-refractivity contribution in [3.05, 3.63) is 97.1 Å². The highest BCUT2D eigenvalue weighted by Crippen LogP contribution is 2.17. The van der Waals surface area contributed by atoms with E-state index >= 15 is 0 Å². The first-order valence-corrected chi connectivity index (χ1v) is 8.06. The van der Waals surface area contributed by atoms with Crippen LogP contribution in [0.5, 0.6) is 0 Å². The van der Waals surface area contributed by atoms with Crippen molar-refractivity contribution in [2.24, 2.45) is 0 Å². The third-order valence-corrected chi connectivity index (χ3v) is 3.74. The molecule has 0 aliphatic carbocycles. The summed E-state index contributed by atoms with van der Waals surface area (Å²) in [5.74, 6) is 0. The minimum Gasteiger partial charge on any atom is -0.0955 e. The van der Waals surface area contributed by atoms with Crippen molar-refractivity contribution in [1.29, 1.82) is 0 Å². The van der Waals surface area contributed by atoms with E-state index in [0.29, 0.717) is 0 Å². The molecule has 0 nitrogen and oxygen atoms in total.